The van der Waals surface area contributed by atoms with E-state index in [4.69, 9.17) is 10.7 Å². The molecule has 1 aromatic rings. The first-order valence-electron chi connectivity index (χ1n) is 2.55. The van der Waals surface area contributed by atoms with Crippen LogP contribution in [0.15, 0.2) is 11.1 Å². The quantitative estimate of drug-likeness (QED) is 0.617. The van der Waals surface area contributed by atoms with E-state index in [2.05, 4.69) is 5.10 Å². The summed E-state index contributed by atoms with van der Waals surface area (Å²) < 4.78 is 34.6. The van der Waals surface area contributed by atoms with Gasteiger partial charge in [-0.25, -0.2) is 13.1 Å². The number of halogens is 2. The molecule has 0 saturated heterocycles. The van der Waals surface area contributed by atoms with Crippen LogP contribution in [0, 0.1) is 5.95 Å². The Balaban J connectivity index is 3.38. The molecule has 0 amide bonds. The van der Waals surface area contributed by atoms with Crippen LogP contribution in [-0.4, -0.2) is 18.2 Å². The summed E-state index contributed by atoms with van der Waals surface area (Å²) in [7, 11) is 2.14. The van der Waals surface area contributed by atoms with Crippen molar-refractivity contribution in [2.75, 3.05) is 0 Å². The van der Waals surface area contributed by atoms with Gasteiger partial charge >= 0.3 is 0 Å². The van der Waals surface area contributed by atoms with Crippen molar-refractivity contribution in [3.8, 4) is 0 Å². The zero-order valence-corrected chi connectivity index (χ0v) is 7.02. The fourth-order valence-corrected chi connectivity index (χ4v) is 1.38. The highest BCUT2D eigenvalue weighted by Crippen LogP contribution is 2.16. The van der Waals surface area contributed by atoms with Crippen LogP contribution >= 0.6 is 10.7 Å². The molecular weight excluding hydrogens is 195 g/mol. The monoisotopic (exact) mass is 198 g/mol. The van der Waals surface area contributed by atoms with Crippen LogP contribution in [0.2, 0.25) is 0 Å². The summed E-state index contributed by atoms with van der Waals surface area (Å²) in [6, 6.07) is 0. The van der Waals surface area contributed by atoms with E-state index in [9.17, 15) is 12.8 Å². The molecule has 0 bridgehead atoms. The Morgan fingerprint density at radius 3 is 2.45 bits per heavy atom. The van der Waals surface area contributed by atoms with Crippen LogP contribution in [-0.2, 0) is 16.1 Å². The number of aryl methyl sites for hydroxylation is 1. The second-order valence-electron chi connectivity index (χ2n) is 1.86. The maximum Gasteiger partial charge on any atom is 0.267 e. The Morgan fingerprint density at radius 2 is 2.27 bits per heavy atom. The average Bonchev–Trinajstić information content (AvgIpc) is 2.11. The topological polar surface area (TPSA) is 52.0 Å². The maximum atomic E-state index is 12.7. The van der Waals surface area contributed by atoms with Crippen LogP contribution in [0.5, 0.6) is 0 Å². The Morgan fingerprint density at radius 1 is 1.73 bits per heavy atom. The van der Waals surface area contributed by atoms with E-state index in [1.54, 1.807) is 0 Å². The molecule has 0 radical (unpaired) electrons. The summed E-state index contributed by atoms with van der Waals surface area (Å²) in [6.45, 7) is 0. The van der Waals surface area contributed by atoms with Crippen molar-refractivity contribution in [1.82, 2.24) is 9.78 Å². The predicted octanol–water partition coefficient (Wildman–Crippen LogP) is 0.487. The molecule has 0 saturated carbocycles. The third kappa shape index (κ3) is 1.51. The number of rotatable bonds is 1. The van der Waals surface area contributed by atoms with Crippen LogP contribution in [0.1, 0.15) is 0 Å². The fourth-order valence-electron chi connectivity index (χ4n) is 0.566. The number of hydrogen-bond acceptors (Lipinski definition) is 3. The minimum Gasteiger partial charge on any atom is -0.242 e. The van der Waals surface area contributed by atoms with E-state index in [0.717, 1.165) is 10.9 Å². The SMILES string of the molecule is Cn1ncc(S(=O)(=O)Cl)c1F. The summed E-state index contributed by atoms with van der Waals surface area (Å²) in [5, 5.41) is 3.36. The van der Waals surface area contributed by atoms with Crippen LogP contribution in [0.4, 0.5) is 4.39 Å². The van der Waals surface area contributed by atoms with E-state index < -0.39 is 19.9 Å². The lowest BCUT2D eigenvalue weighted by molar-refractivity contribution is 0.484. The van der Waals surface area contributed by atoms with Crippen molar-refractivity contribution >= 4 is 19.7 Å². The molecule has 0 N–H and O–H groups in total. The number of hydrogen-bond donors (Lipinski definition) is 0. The number of aromatic nitrogens is 2. The van der Waals surface area contributed by atoms with Gasteiger partial charge in [0.2, 0.25) is 5.95 Å². The van der Waals surface area contributed by atoms with Gasteiger partial charge in [0.15, 0.2) is 4.90 Å². The van der Waals surface area contributed by atoms with Crippen molar-refractivity contribution in [3.05, 3.63) is 12.1 Å². The van der Waals surface area contributed by atoms with Crippen molar-refractivity contribution in [1.29, 1.82) is 0 Å². The van der Waals surface area contributed by atoms with Gasteiger partial charge in [0, 0.05) is 17.7 Å². The molecule has 7 heteroatoms. The summed E-state index contributed by atoms with van der Waals surface area (Å²) >= 11 is 0. The largest absolute Gasteiger partial charge is 0.267 e. The van der Waals surface area contributed by atoms with Gasteiger partial charge in [0.1, 0.15) is 0 Å². The van der Waals surface area contributed by atoms with E-state index in [-0.39, 0.29) is 0 Å². The lowest BCUT2D eigenvalue weighted by Crippen LogP contribution is -1.97. The molecule has 0 fully saturated rings. The molecule has 1 rings (SSSR count). The third-order valence-electron chi connectivity index (χ3n) is 1.10. The van der Waals surface area contributed by atoms with Gasteiger partial charge in [0.05, 0.1) is 6.20 Å². The zero-order valence-electron chi connectivity index (χ0n) is 5.45. The first kappa shape index (κ1) is 8.48. The minimum absolute atomic E-state index is 0.596. The second-order valence-corrected chi connectivity index (χ2v) is 4.40. The van der Waals surface area contributed by atoms with E-state index >= 15 is 0 Å². The van der Waals surface area contributed by atoms with E-state index in [0.29, 0.717) is 0 Å². The molecule has 0 atom stereocenters. The Hall–Kier alpha value is -0.620. The minimum atomic E-state index is -4.00. The van der Waals surface area contributed by atoms with Gasteiger partial charge in [-0.2, -0.15) is 9.49 Å². The highest BCUT2D eigenvalue weighted by atomic mass is 35.7. The summed E-state index contributed by atoms with van der Waals surface area (Å²) in [5.41, 5.74) is 0. The molecular formula is C4H4ClFN2O2S. The molecule has 0 unspecified atom stereocenters. The average molecular weight is 199 g/mol. The summed E-state index contributed by atoms with van der Waals surface area (Å²) in [6.07, 6.45) is 0.859. The molecule has 1 heterocycles. The highest BCUT2D eigenvalue weighted by molar-refractivity contribution is 8.13. The van der Waals surface area contributed by atoms with Gasteiger partial charge in [-0.05, 0) is 0 Å². The summed E-state index contributed by atoms with van der Waals surface area (Å²) in [4.78, 5) is -0.596. The number of nitrogens with zero attached hydrogens (tertiary/aromatic N) is 2. The van der Waals surface area contributed by atoms with Gasteiger partial charge in [-0.3, -0.25) is 0 Å². The van der Waals surface area contributed by atoms with Gasteiger partial charge in [0.25, 0.3) is 9.05 Å². The van der Waals surface area contributed by atoms with Gasteiger partial charge in [-0.15, -0.1) is 0 Å². The van der Waals surface area contributed by atoms with E-state index in [1.165, 1.54) is 7.05 Å². The van der Waals surface area contributed by atoms with Crippen molar-refractivity contribution in [2.24, 2.45) is 7.05 Å². The molecule has 4 nitrogen and oxygen atoms in total. The summed E-state index contributed by atoms with van der Waals surface area (Å²) in [5.74, 6) is -0.958. The van der Waals surface area contributed by atoms with Crippen molar-refractivity contribution in [3.63, 3.8) is 0 Å². The molecule has 0 spiro atoms. The zero-order chi connectivity index (χ0) is 8.65. The van der Waals surface area contributed by atoms with E-state index in [1.807, 2.05) is 0 Å². The second kappa shape index (κ2) is 2.46. The van der Waals surface area contributed by atoms with Crippen molar-refractivity contribution in [2.45, 2.75) is 4.90 Å². The molecule has 0 aliphatic heterocycles. The molecule has 1 aromatic heterocycles. The Bertz CT molecular complexity index is 371. The molecule has 0 aliphatic carbocycles. The first-order valence-corrected chi connectivity index (χ1v) is 4.86. The van der Waals surface area contributed by atoms with Crippen LogP contribution < -0.4 is 0 Å². The van der Waals surface area contributed by atoms with Gasteiger partial charge < -0.3 is 0 Å². The first-order chi connectivity index (χ1) is 4.93. The third-order valence-corrected chi connectivity index (χ3v) is 2.40. The molecule has 11 heavy (non-hydrogen) atoms. The smallest absolute Gasteiger partial charge is 0.242 e. The lowest BCUT2D eigenvalue weighted by Gasteiger charge is -1.89. The van der Waals surface area contributed by atoms with Gasteiger partial charge in [-0.1, -0.05) is 0 Å². The lowest BCUT2D eigenvalue weighted by atomic mass is 10.7. The normalized spacial score (nSPS) is 11.9. The Kier molecular flexibility index (Phi) is 1.89. The fraction of sp³-hybridized carbons (Fsp3) is 0.250. The maximum absolute atomic E-state index is 12.7. The van der Waals surface area contributed by atoms with Crippen molar-refractivity contribution < 1.29 is 12.8 Å². The molecule has 0 aromatic carbocycles. The predicted molar refractivity (Wildman–Crippen MR) is 36.2 cm³/mol. The Labute approximate surface area is 67.0 Å². The van der Waals surface area contributed by atoms with Crippen LogP contribution in [0.25, 0.3) is 0 Å². The standard InChI is InChI=1S/C4H4ClFN2O2S/c1-8-4(6)3(2-7-8)11(5,9)10/h2H,1H3. The van der Waals surface area contributed by atoms with Crippen LogP contribution in [0.3, 0.4) is 0 Å². The highest BCUT2D eigenvalue weighted by Gasteiger charge is 2.19. The molecule has 0 aliphatic rings. The molecule has 62 valence electrons.